The second kappa shape index (κ2) is 6.43. The summed E-state index contributed by atoms with van der Waals surface area (Å²) >= 11 is 0. The lowest BCUT2D eigenvalue weighted by Gasteiger charge is -2.26. The molecule has 0 aliphatic heterocycles. The molecule has 0 radical (unpaired) electrons. The highest BCUT2D eigenvalue weighted by Gasteiger charge is 2.22. The van der Waals surface area contributed by atoms with Crippen molar-refractivity contribution < 1.29 is 4.79 Å². The van der Waals surface area contributed by atoms with Crippen LogP contribution in [0.5, 0.6) is 0 Å². The van der Waals surface area contributed by atoms with Gasteiger partial charge in [0.25, 0.3) is 0 Å². The highest BCUT2D eigenvalue weighted by molar-refractivity contribution is 5.78. The van der Waals surface area contributed by atoms with Gasteiger partial charge in [-0.3, -0.25) is 4.79 Å². The molecule has 2 N–H and O–H groups in total. The average molecular weight is 248 g/mol. The van der Waals surface area contributed by atoms with Crippen LogP contribution in [0.4, 0.5) is 5.69 Å². The van der Waals surface area contributed by atoms with Crippen molar-refractivity contribution in [1.82, 2.24) is 4.90 Å². The van der Waals surface area contributed by atoms with E-state index in [0.717, 1.165) is 11.3 Å². The second-order valence-corrected chi connectivity index (χ2v) is 5.08. The van der Waals surface area contributed by atoms with E-state index < -0.39 is 0 Å². The number of carbonyl (C=O) groups is 1. The lowest BCUT2D eigenvalue weighted by Crippen LogP contribution is -2.36. The Labute approximate surface area is 110 Å². The quantitative estimate of drug-likeness (QED) is 0.814. The van der Waals surface area contributed by atoms with Crippen LogP contribution in [0, 0.1) is 11.8 Å². The number of nitrogens with zero attached hydrogens (tertiary/aromatic N) is 1. The van der Waals surface area contributed by atoms with Crippen molar-refractivity contribution in [3.8, 4) is 0 Å². The molecule has 100 valence electrons. The summed E-state index contributed by atoms with van der Waals surface area (Å²) in [6.45, 7) is 9.46. The van der Waals surface area contributed by atoms with Gasteiger partial charge in [0.1, 0.15) is 0 Å². The molecular formula is C15H24N2O. The van der Waals surface area contributed by atoms with E-state index in [9.17, 15) is 4.79 Å². The molecule has 18 heavy (non-hydrogen) atoms. The number of nitrogen functional groups attached to an aromatic ring is 1. The highest BCUT2D eigenvalue weighted by atomic mass is 16.2. The summed E-state index contributed by atoms with van der Waals surface area (Å²) in [5.41, 5.74) is 7.69. The van der Waals surface area contributed by atoms with Crippen molar-refractivity contribution in [2.45, 2.75) is 34.2 Å². The molecule has 3 nitrogen and oxygen atoms in total. The first-order valence-corrected chi connectivity index (χ1v) is 6.59. The van der Waals surface area contributed by atoms with E-state index in [-0.39, 0.29) is 11.8 Å². The van der Waals surface area contributed by atoms with Gasteiger partial charge in [-0.2, -0.15) is 0 Å². The summed E-state index contributed by atoms with van der Waals surface area (Å²) in [6, 6.07) is 7.72. The standard InChI is InChI=1S/C15H24N2O/c1-5-17(15(18)12(4)11(2)3)10-13-8-6-7-9-14(13)16/h6-9,11-12H,5,10,16H2,1-4H3. The van der Waals surface area contributed by atoms with E-state index in [0.29, 0.717) is 19.0 Å². The van der Waals surface area contributed by atoms with Crippen molar-refractivity contribution in [2.75, 3.05) is 12.3 Å². The summed E-state index contributed by atoms with van der Waals surface area (Å²) in [7, 11) is 0. The lowest BCUT2D eigenvalue weighted by atomic mass is 9.96. The zero-order valence-electron chi connectivity index (χ0n) is 11.8. The SMILES string of the molecule is CCN(Cc1ccccc1N)C(=O)C(C)C(C)C. The lowest BCUT2D eigenvalue weighted by molar-refractivity contribution is -0.136. The third-order valence-electron chi connectivity index (χ3n) is 3.50. The number of para-hydroxylation sites is 1. The Morgan fingerprint density at radius 2 is 1.89 bits per heavy atom. The molecule has 0 aliphatic carbocycles. The van der Waals surface area contributed by atoms with E-state index in [1.165, 1.54) is 0 Å². The number of rotatable bonds is 5. The summed E-state index contributed by atoms with van der Waals surface area (Å²) in [4.78, 5) is 14.2. The number of nitrogens with two attached hydrogens (primary N) is 1. The molecule has 1 atom stereocenters. The topological polar surface area (TPSA) is 46.3 Å². The number of benzene rings is 1. The van der Waals surface area contributed by atoms with Gasteiger partial charge in [0, 0.05) is 24.7 Å². The van der Waals surface area contributed by atoms with E-state index in [1.54, 1.807) is 0 Å². The largest absolute Gasteiger partial charge is 0.398 e. The Morgan fingerprint density at radius 3 is 2.39 bits per heavy atom. The predicted octanol–water partition coefficient (Wildman–Crippen LogP) is 2.91. The summed E-state index contributed by atoms with van der Waals surface area (Å²) < 4.78 is 0. The zero-order valence-corrected chi connectivity index (χ0v) is 11.8. The molecule has 0 saturated carbocycles. The minimum atomic E-state index is 0.0508. The van der Waals surface area contributed by atoms with E-state index in [2.05, 4.69) is 13.8 Å². The van der Waals surface area contributed by atoms with Gasteiger partial charge in [-0.05, 0) is 24.5 Å². The Balaban J connectivity index is 2.80. The van der Waals surface area contributed by atoms with Gasteiger partial charge in [0.2, 0.25) is 5.91 Å². The maximum Gasteiger partial charge on any atom is 0.225 e. The van der Waals surface area contributed by atoms with E-state index in [1.807, 2.05) is 43.0 Å². The number of amides is 1. The third-order valence-corrected chi connectivity index (χ3v) is 3.50. The molecule has 0 saturated heterocycles. The minimum absolute atomic E-state index is 0.0508. The van der Waals surface area contributed by atoms with Crippen LogP contribution in [0.3, 0.4) is 0 Å². The number of hydrogen-bond donors (Lipinski definition) is 1. The Morgan fingerprint density at radius 1 is 1.28 bits per heavy atom. The Bertz CT molecular complexity index is 401. The Hall–Kier alpha value is -1.51. The number of anilines is 1. The fourth-order valence-electron chi connectivity index (χ4n) is 1.80. The number of carbonyl (C=O) groups excluding carboxylic acids is 1. The van der Waals surface area contributed by atoms with Crippen molar-refractivity contribution in [3.05, 3.63) is 29.8 Å². The first-order valence-electron chi connectivity index (χ1n) is 6.59. The molecule has 0 heterocycles. The fraction of sp³-hybridized carbons (Fsp3) is 0.533. The maximum absolute atomic E-state index is 12.3. The van der Waals surface area contributed by atoms with Gasteiger partial charge in [0.15, 0.2) is 0 Å². The smallest absolute Gasteiger partial charge is 0.225 e. The van der Waals surface area contributed by atoms with Crippen LogP contribution in [0.2, 0.25) is 0 Å². The predicted molar refractivity (Wildman–Crippen MR) is 75.9 cm³/mol. The summed E-state index contributed by atoms with van der Waals surface area (Å²) in [5, 5.41) is 0. The average Bonchev–Trinajstić information content (AvgIpc) is 2.36. The molecule has 1 unspecified atom stereocenters. The monoisotopic (exact) mass is 248 g/mol. The van der Waals surface area contributed by atoms with Gasteiger partial charge in [-0.1, -0.05) is 39.0 Å². The van der Waals surface area contributed by atoms with Crippen LogP contribution in [-0.4, -0.2) is 17.4 Å². The van der Waals surface area contributed by atoms with Gasteiger partial charge >= 0.3 is 0 Å². The van der Waals surface area contributed by atoms with Gasteiger partial charge in [-0.25, -0.2) is 0 Å². The van der Waals surface area contributed by atoms with E-state index in [4.69, 9.17) is 5.73 Å². The molecule has 0 spiro atoms. The third kappa shape index (κ3) is 3.49. The zero-order chi connectivity index (χ0) is 13.7. The van der Waals surface area contributed by atoms with Gasteiger partial charge in [0.05, 0.1) is 0 Å². The fourth-order valence-corrected chi connectivity index (χ4v) is 1.80. The molecule has 3 heteroatoms. The molecule has 0 bridgehead atoms. The molecule has 0 aliphatic rings. The molecule has 1 amide bonds. The van der Waals surface area contributed by atoms with Crippen LogP contribution >= 0.6 is 0 Å². The second-order valence-electron chi connectivity index (χ2n) is 5.08. The normalized spacial score (nSPS) is 12.5. The number of hydrogen-bond acceptors (Lipinski definition) is 2. The van der Waals surface area contributed by atoms with Gasteiger partial charge < -0.3 is 10.6 Å². The summed E-state index contributed by atoms with van der Waals surface area (Å²) in [6.07, 6.45) is 0. The van der Waals surface area contributed by atoms with E-state index >= 15 is 0 Å². The highest BCUT2D eigenvalue weighted by Crippen LogP contribution is 2.18. The minimum Gasteiger partial charge on any atom is -0.398 e. The Kier molecular flexibility index (Phi) is 5.20. The van der Waals surface area contributed by atoms with Crippen LogP contribution in [0.25, 0.3) is 0 Å². The van der Waals surface area contributed by atoms with Crippen molar-refractivity contribution in [1.29, 1.82) is 0 Å². The van der Waals surface area contributed by atoms with Crippen molar-refractivity contribution in [2.24, 2.45) is 11.8 Å². The molecule has 0 aromatic heterocycles. The van der Waals surface area contributed by atoms with Gasteiger partial charge in [-0.15, -0.1) is 0 Å². The van der Waals surface area contributed by atoms with Crippen LogP contribution in [0.1, 0.15) is 33.3 Å². The molecule has 1 aromatic carbocycles. The molecule has 1 aromatic rings. The molecule has 0 fully saturated rings. The van der Waals surface area contributed by atoms with Crippen LogP contribution in [0.15, 0.2) is 24.3 Å². The first-order chi connectivity index (χ1) is 8.47. The molecule has 1 rings (SSSR count). The molecular weight excluding hydrogens is 224 g/mol. The first kappa shape index (κ1) is 14.6. The summed E-state index contributed by atoms with van der Waals surface area (Å²) in [5.74, 6) is 0.616. The maximum atomic E-state index is 12.3. The van der Waals surface area contributed by atoms with Crippen LogP contribution < -0.4 is 5.73 Å². The van der Waals surface area contributed by atoms with Crippen molar-refractivity contribution >= 4 is 11.6 Å². The van der Waals surface area contributed by atoms with Crippen LogP contribution in [-0.2, 0) is 11.3 Å². The van der Waals surface area contributed by atoms with Crippen molar-refractivity contribution in [3.63, 3.8) is 0 Å².